The molecule has 0 atom stereocenters. The molecule has 0 amide bonds. The largest absolute Gasteiger partial charge is 0.497 e. The zero-order valence-electron chi connectivity index (χ0n) is 22.2. The van der Waals surface area contributed by atoms with Crippen molar-refractivity contribution in [3.8, 4) is 11.5 Å². The first kappa shape index (κ1) is 30.1. The summed E-state index contributed by atoms with van der Waals surface area (Å²) in [5.74, 6) is -2.48. The molecule has 0 saturated carbocycles. The van der Waals surface area contributed by atoms with Gasteiger partial charge >= 0.3 is 11.9 Å². The van der Waals surface area contributed by atoms with Crippen LogP contribution >= 0.6 is 0 Å². The Hall–Kier alpha value is -4.89. The number of methoxy groups -OCH3 is 2. The Labute approximate surface area is 241 Å². The number of carboxylic acid groups (broad SMARTS) is 2. The standard InChI is InChI=1S/C27H25N3O10S2/c1-39-18-7-11-20(12-8-18)41(35,36)29(16-25(31)32)24-15-28-27(23-6-4-3-5-22(23)24)30(17-26(33)34)42(37,38)21-13-9-19(40-2)10-14-21/h3-15H,16-17H2,1-2H3,(H,31,32)(H,33,34). The molecule has 0 fully saturated rings. The lowest BCUT2D eigenvalue weighted by atomic mass is 10.1. The normalized spacial score (nSPS) is 11.6. The van der Waals surface area contributed by atoms with Crippen LogP contribution in [0.15, 0.2) is 88.8 Å². The van der Waals surface area contributed by atoms with E-state index in [1.807, 2.05) is 0 Å². The van der Waals surface area contributed by atoms with E-state index in [1.165, 1.54) is 87.0 Å². The van der Waals surface area contributed by atoms with Crippen molar-refractivity contribution in [3.63, 3.8) is 0 Å². The van der Waals surface area contributed by atoms with E-state index in [2.05, 4.69) is 4.98 Å². The van der Waals surface area contributed by atoms with Crippen LogP contribution in [0.3, 0.4) is 0 Å². The summed E-state index contributed by atoms with van der Waals surface area (Å²) in [5, 5.41) is 19.4. The fourth-order valence-corrected chi connectivity index (χ4v) is 6.94. The lowest BCUT2D eigenvalue weighted by molar-refractivity contribution is -0.136. The Morgan fingerprint density at radius 2 is 1.12 bits per heavy atom. The summed E-state index contributed by atoms with van der Waals surface area (Å²) >= 11 is 0. The molecule has 0 radical (unpaired) electrons. The van der Waals surface area contributed by atoms with E-state index in [-0.39, 0.29) is 32.1 Å². The third kappa shape index (κ3) is 5.91. The molecule has 0 saturated heterocycles. The molecular weight excluding hydrogens is 590 g/mol. The summed E-state index contributed by atoms with van der Waals surface area (Å²) in [4.78, 5) is 27.3. The second kappa shape index (κ2) is 11.9. The number of anilines is 2. The van der Waals surface area contributed by atoms with Gasteiger partial charge in [-0.3, -0.25) is 13.9 Å². The van der Waals surface area contributed by atoms with Crippen molar-refractivity contribution >= 4 is 54.3 Å². The van der Waals surface area contributed by atoms with Crippen LogP contribution in [0.5, 0.6) is 11.5 Å². The molecule has 0 unspecified atom stereocenters. The molecule has 0 aliphatic heterocycles. The van der Waals surface area contributed by atoms with Crippen molar-refractivity contribution in [2.45, 2.75) is 9.79 Å². The topological polar surface area (TPSA) is 181 Å². The Balaban J connectivity index is 1.92. The molecular formula is C27H25N3O10S2. The average molecular weight is 616 g/mol. The number of hydrogen-bond acceptors (Lipinski definition) is 9. The third-order valence-corrected chi connectivity index (χ3v) is 9.63. The molecule has 13 nitrogen and oxygen atoms in total. The number of fused-ring (bicyclic) bond motifs is 1. The van der Waals surface area contributed by atoms with Crippen molar-refractivity contribution in [1.29, 1.82) is 0 Å². The van der Waals surface area contributed by atoms with E-state index < -0.39 is 45.1 Å². The first-order valence-corrected chi connectivity index (χ1v) is 14.9. The molecule has 2 N–H and O–H groups in total. The van der Waals surface area contributed by atoms with Crippen LogP contribution in [0, 0.1) is 0 Å². The van der Waals surface area contributed by atoms with Gasteiger partial charge in [0.15, 0.2) is 5.82 Å². The van der Waals surface area contributed by atoms with Crippen LogP contribution in [0.1, 0.15) is 0 Å². The van der Waals surface area contributed by atoms with E-state index in [4.69, 9.17) is 9.47 Å². The fraction of sp³-hybridized carbons (Fsp3) is 0.148. The van der Waals surface area contributed by atoms with Gasteiger partial charge in [-0.1, -0.05) is 24.3 Å². The summed E-state index contributed by atoms with van der Waals surface area (Å²) in [5.41, 5.74) is -0.162. The van der Waals surface area contributed by atoms with Crippen LogP contribution in [-0.2, 0) is 29.6 Å². The number of aliphatic carboxylic acids is 2. The van der Waals surface area contributed by atoms with Gasteiger partial charge in [0.05, 0.1) is 35.9 Å². The lowest BCUT2D eigenvalue weighted by Crippen LogP contribution is -2.37. The highest BCUT2D eigenvalue weighted by Crippen LogP contribution is 2.37. The van der Waals surface area contributed by atoms with E-state index in [0.717, 1.165) is 6.20 Å². The minimum atomic E-state index is -4.50. The summed E-state index contributed by atoms with van der Waals surface area (Å²) in [6, 6.07) is 16.5. The van der Waals surface area contributed by atoms with Gasteiger partial charge in [0.25, 0.3) is 20.0 Å². The van der Waals surface area contributed by atoms with E-state index in [9.17, 15) is 36.6 Å². The second-order valence-electron chi connectivity index (χ2n) is 8.67. The monoisotopic (exact) mass is 615 g/mol. The molecule has 4 aromatic rings. The number of hydrogen-bond donors (Lipinski definition) is 2. The average Bonchev–Trinajstić information content (AvgIpc) is 2.98. The first-order valence-electron chi connectivity index (χ1n) is 12.0. The van der Waals surface area contributed by atoms with Crippen LogP contribution in [-0.4, -0.2) is 71.3 Å². The number of carboxylic acids is 2. The zero-order chi connectivity index (χ0) is 30.7. The summed E-state index contributed by atoms with van der Waals surface area (Å²) in [7, 11) is -6.17. The number of rotatable bonds is 12. The molecule has 1 aromatic heterocycles. The highest BCUT2D eigenvalue weighted by molar-refractivity contribution is 7.93. The zero-order valence-corrected chi connectivity index (χ0v) is 23.9. The van der Waals surface area contributed by atoms with Crippen LogP contribution in [0.25, 0.3) is 10.8 Å². The van der Waals surface area contributed by atoms with Crippen LogP contribution in [0.2, 0.25) is 0 Å². The predicted octanol–water partition coefficient (Wildman–Crippen LogP) is 2.81. The second-order valence-corrected chi connectivity index (χ2v) is 12.4. The fourth-order valence-electron chi connectivity index (χ4n) is 4.13. The van der Waals surface area contributed by atoms with Gasteiger partial charge in [0.1, 0.15) is 24.6 Å². The SMILES string of the molecule is COc1ccc(S(=O)(=O)N(CC(=O)O)c2cnc(N(CC(=O)O)S(=O)(=O)c3ccc(OC)cc3)c3ccccc23)cc1. The van der Waals surface area contributed by atoms with Gasteiger partial charge in [0.2, 0.25) is 0 Å². The van der Waals surface area contributed by atoms with E-state index in [1.54, 1.807) is 0 Å². The Morgan fingerprint density at radius 1 is 0.690 bits per heavy atom. The Morgan fingerprint density at radius 3 is 1.57 bits per heavy atom. The van der Waals surface area contributed by atoms with Crippen molar-refractivity contribution in [1.82, 2.24) is 4.98 Å². The summed E-state index contributed by atoms with van der Waals surface area (Å²) < 4.78 is 66.0. The van der Waals surface area contributed by atoms with Gasteiger partial charge < -0.3 is 19.7 Å². The van der Waals surface area contributed by atoms with Crippen molar-refractivity contribution in [3.05, 3.63) is 79.0 Å². The highest BCUT2D eigenvalue weighted by atomic mass is 32.2. The minimum absolute atomic E-state index is 0.0636. The molecule has 15 heteroatoms. The van der Waals surface area contributed by atoms with Crippen molar-refractivity contribution < 1.29 is 46.1 Å². The molecule has 0 spiro atoms. The number of benzene rings is 3. The number of pyridine rings is 1. The number of carbonyl (C=O) groups is 2. The van der Waals surface area contributed by atoms with Gasteiger partial charge in [-0.15, -0.1) is 0 Å². The summed E-state index contributed by atoms with van der Waals surface area (Å²) in [6.45, 7) is -1.99. The smallest absolute Gasteiger partial charge is 0.324 e. The maximum atomic E-state index is 13.7. The molecule has 1 heterocycles. The van der Waals surface area contributed by atoms with Crippen LogP contribution < -0.4 is 18.1 Å². The number of sulfonamides is 2. The van der Waals surface area contributed by atoms with Crippen molar-refractivity contribution in [2.75, 3.05) is 35.9 Å². The molecule has 0 bridgehead atoms. The quantitative estimate of drug-likeness (QED) is 0.239. The minimum Gasteiger partial charge on any atom is -0.497 e. The van der Waals surface area contributed by atoms with Gasteiger partial charge in [0, 0.05) is 10.8 Å². The molecule has 4 rings (SSSR count). The molecule has 220 valence electrons. The first-order chi connectivity index (χ1) is 19.9. The van der Waals surface area contributed by atoms with Crippen LogP contribution in [0.4, 0.5) is 11.5 Å². The Kier molecular flexibility index (Phi) is 8.54. The van der Waals surface area contributed by atoms with E-state index >= 15 is 0 Å². The van der Waals surface area contributed by atoms with Gasteiger partial charge in [-0.05, 0) is 48.5 Å². The number of aromatic nitrogens is 1. The summed E-state index contributed by atoms with van der Waals surface area (Å²) in [6.07, 6.45) is 1.00. The molecule has 42 heavy (non-hydrogen) atoms. The van der Waals surface area contributed by atoms with E-state index in [0.29, 0.717) is 20.1 Å². The maximum absolute atomic E-state index is 13.7. The number of nitrogens with zero attached hydrogens (tertiary/aromatic N) is 3. The van der Waals surface area contributed by atoms with Gasteiger partial charge in [-0.25, -0.2) is 26.1 Å². The molecule has 0 aliphatic rings. The molecule has 3 aromatic carbocycles. The highest BCUT2D eigenvalue weighted by Gasteiger charge is 2.33. The third-order valence-electron chi connectivity index (χ3n) is 6.11. The van der Waals surface area contributed by atoms with Crippen molar-refractivity contribution in [2.24, 2.45) is 0 Å². The maximum Gasteiger partial charge on any atom is 0.324 e. The Bertz CT molecular complexity index is 1710. The van der Waals surface area contributed by atoms with Gasteiger partial charge in [-0.2, -0.15) is 0 Å². The predicted molar refractivity (Wildman–Crippen MR) is 152 cm³/mol. The molecule has 0 aliphatic carbocycles. The lowest BCUT2D eigenvalue weighted by Gasteiger charge is -2.27. The number of ether oxygens (including phenoxy) is 2.